The van der Waals surface area contributed by atoms with Crippen LogP contribution in [0.2, 0.25) is 0 Å². The van der Waals surface area contributed by atoms with Crippen molar-refractivity contribution < 1.29 is 0 Å². The maximum Gasteiger partial charge on any atom is 0.173 e. The van der Waals surface area contributed by atoms with Gasteiger partial charge >= 0.3 is 0 Å². The zero-order valence-corrected chi connectivity index (χ0v) is 12.9. The van der Waals surface area contributed by atoms with E-state index in [0.29, 0.717) is 0 Å². The van der Waals surface area contributed by atoms with Crippen molar-refractivity contribution in [2.75, 3.05) is 18.4 Å². The van der Waals surface area contributed by atoms with E-state index < -0.39 is 0 Å². The largest absolute Gasteiger partial charge is 0.349 e. The van der Waals surface area contributed by atoms with Gasteiger partial charge in [0.1, 0.15) is 0 Å². The van der Waals surface area contributed by atoms with Crippen molar-refractivity contribution in [3.8, 4) is 0 Å². The van der Waals surface area contributed by atoms with Gasteiger partial charge in [-0.15, -0.1) is 0 Å². The lowest BCUT2D eigenvalue weighted by molar-refractivity contribution is 0.366. The number of likely N-dealkylation sites (tertiary alicyclic amines) is 1. The highest BCUT2D eigenvalue weighted by Crippen LogP contribution is 2.19. The van der Waals surface area contributed by atoms with E-state index in [9.17, 15) is 0 Å². The molecule has 0 spiro atoms. The van der Waals surface area contributed by atoms with Crippen LogP contribution in [0, 0.1) is 13.8 Å². The lowest BCUT2D eigenvalue weighted by atomic mass is 10.1. The predicted octanol–water partition coefficient (Wildman–Crippen LogP) is 4.27. The summed E-state index contributed by atoms with van der Waals surface area (Å²) in [5.74, 6) is 0. The van der Waals surface area contributed by atoms with Gasteiger partial charge in [-0.25, -0.2) is 0 Å². The van der Waals surface area contributed by atoms with E-state index in [1.165, 1.54) is 43.2 Å². The van der Waals surface area contributed by atoms with Crippen molar-refractivity contribution in [2.45, 2.75) is 46.0 Å². The maximum atomic E-state index is 5.58. The van der Waals surface area contributed by atoms with Crippen LogP contribution >= 0.6 is 12.2 Å². The fourth-order valence-electron chi connectivity index (χ4n) is 2.53. The number of nitrogens with zero attached hydrogens (tertiary/aromatic N) is 1. The van der Waals surface area contributed by atoms with Crippen molar-refractivity contribution in [1.29, 1.82) is 0 Å². The van der Waals surface area contributed by atoms with E-state index in [1.807, 2.05) is 0 Å². The van der Waals surface area contributed by atoms with Crippen LogP contribution in [0.4, 0.5) is 5.69 Å². The molecule has 0 amide bonds. The highest BCUT2D eigenvalue weighted by atomic mass is 32.1. The Balaban J connectivity index is 2.01. The van der Waals surface area contributed by atoms with Crippen molar-refractivity contribution >= 4 is 23.0 Å². The van der Waals surface area contributed by atoms with Gasteiger partial charge in [0.05, 0.1) is 0 Å². The summed E-state index contributed by atoms with van der Waals surface area (Å²) in [4.78, 5) is 2.33. The molecule has 1 aromatic carbocycles. The van der Waals surface area contributed by atoms with Gasteiger partial charge in [0.25, 0.3) is 0 Å². The van der Waals surface area contributed by atoms with Gasteiger partial charge in [-0.1, -0.05) is 31.4 Å². The third-order valence-electron chi connectivity index (χ3n) is 3.99. The van der Waals surface area contributed by atoms with Crippen LogP contribution in [-0.4, -0.2) is 23.1 Å². The molecule has 1 aliphatic rings. The summed E-state index contributed by atoms with van der Waals surface area (Å²) < 4.78 is 0. The lowest BCUT2D eigenvalue weighted by Gasteiger charge is -2.28. The number of thiocarbonyl (C=S) groups is 1. The Hall–Kier alpha value is -1.09. The van der Waals surface area contributed by atoms with Crippen LogP contribution in [0.3, 0.4) is 0 Å². The van der Waals surface area contributed by atoms with Gasteiger partial charge in [0, 0.05) is 18.8 Å². The number of aryl methyl sites for hydroxylation is 1. The van der Waals surface area contributed by atoms with E-state index in [-0.39, 0.29) is 0 Å². The maximum absolute atomic E-state index is 5.58. The average Bonchev–Trinajstić information content (AvgIpc) is 2.34. The summed E-state index contributed by atoms with van der Waals surface area (Å²) in [5.41, 5.74) is 3.74. The Morgan fingerprint density at radius 1 is 1.05 bits per heavy atom. The van der Waals surface area contributed by atoms with Gasteiger partial charge in [0.15, 0.2) is 5.11 Å². The van der Waals surface area contributed by atoms with Gasteiger partial charge in [0.2, 0.25) is 0 Å². The molecule has 1 aromatic rings. The quantitative estimate of drug-likeness (QED) is 0.771. The second-order valence-electron chi connectivity index (χ2n) is 5.43. The Morgan fingerprint density at radius 3 is 2.37 bits per heavy atom. The van der Waals surface area contributed by atoms with Crippen LogP contribution in [0.5, 0.6) is 0 Å². The smallest absolute Gasteiger partial charge is 0.173 e. The monoisotopic (exact) mass is 276 g/mol. The average molecular weight is 276 g/mol. The zero-order chi connectivity index (χ0) is 13.7. The summed E-state index contributed by atoms with van der Waals surface area (Å²) in [5, 5.41) is 4.31. The van der Waals surface area contributed by atoms with Gasteiger partial charge in [-0.2, -0.15) is 0 Å². The zero-order valence-electron chi connectivity index (χ0n) is 12.0. The predicted molar refractivity (Wildman–Crippen MR) is 86.8 cm³/mol. The number of hydrogen-bond donors (Lipinski definition) is 1. The summed E-state index contributed by atoms with van der Waals surface area (Å²) in [6, 6.07) is 6.33. The molecule has 104 valence electrons. The highest BCUT2D eigenvalue weighted by Gasteiger charge is 2.12. The molecule has 3 heteroatoms. The molecular weight excluding hydrogens is 252 g/mol. The normalized spacial score (nSPS) is 16.6. The van der Waals surface area contributed by atoms with Crippen molar-refractivity contribution in [3.63, 3.8) is 0 Å². The van der Waals surface area contributed by atoms with Gasteiger partial charge < -0.3 is 10.2 Å². The first kappa shape index (κ1) is 14.3. The van der Waals surface area contributed by atoms with Crippen molar-refractivity contribution in [3.05, 3.63) is 29.3 Å². The molecule has 0 aliphatic carbocycles. The van der Waals surface area contributed by atoms with Crippen molar-refractivity contribution in [2.24, 2.45) is 0 Å². The van der Waals surface area contributed by atoms with Crippen LogP contribution < -0.4 is 5.32 Å². The fourth-order valence-corrected chi connectivity index (χ4v) is 2.82. The Labute approximate surface area is 122 Å². The summed E-state index contributed by atoms with van der Waals surface area (Å²) in [6.07, 6.45) is 6.57. The Morgan fingerprint density at radius 2 is 1.68 bits per heavy atom. The van der Waals surface area contributed by atoms with E-state index in [1.54, 1.807) is 0 Å². The minimum Gasteiger partial charge on any atom is -0.349 e. The SMILES string of the molecule is Cc1cccc(NC(=S)N2CCCCCCC2)c1C. The molecule has 1 fully saturated rings. The topological polar surface area (TPSA) is 15.3 Å². The number of anilines is 1. The molecular formula is C16H24N2S. The lowest BCUT2D eigenvalue weighted by Crippen LogP contribution is -2.37. The third-order valence-corrected chi connectivity index (χ3v) is 4.35. The van der Waals surface area contributed by atoms with E-state index in [2.05, 4.69) is 42.3 Å². The summed E-state index contributed by atoms with van der Waals surface area (Å²) in [6.45, 7) is 6.47. The number of benzene rings is 1. The molecule has 0 unspecified atom stereocenters. The van der Waals surface area contributed by atoms with Crippen LogP contribution in [0.15, 0.2) is 18.2 Å². The first-order chi connectivity index (χ1) is 9.18. The first-order valence-corrected chi connectivity index (χ1v) is 7.71. The minimum absolute atomic E-state index is 0.885. The number of hydrogen-bond acceptors (Lipinski definition) is 1. The molecule has 1 saturated heterocycles. The molecule has 1 aliphatic heterocycles. The molecule has 2 rings (SSSR count). The second kappa shape index (κ2) is 6.90. The van der Waals surface area contributed by atoms with Crippen LogP contribution in [0.1, 0.15) is 43.2 Å². The van der Waals surface area contributed by atoms with E-state index >= 15 is 0 Å². The molecule has 2 nitrogen and oxygen atoms in total. The molecule has 19 heavy (non-hydrogen) atoms. The molecule has 0 radical (unpaired) electrons. The number of nitrogens with one attached hydrogen (secondary N) is 1. The summed E-state index contributed by atoms with van der Waals surface area (Å²) >= 11 is 5.58. The van der Waals surface area contributed by atoms with E-state index in [4.69, 9.17) is 12.2 Å². The Bertz CT molecular complexity index is 434. The van der Waals surface area contributed by atoms with Crippen molar-refractivity contribution in [1.82, 2.24) is 4.90 Å². The molecule has 0 atom stereocenters. The Kier molecular flexibility index (Phi) is 5.20. The first-order valence-electron chi connectivity index (χ1n) is 7.30. The van der Waals surface area contributed by atoms with E-state index in [0.717, 1.165) is 23.9 Å². The standard InChI is InChI=1S/C16H24N2S/c1-13-9-8-10-15(14(13)2)17-16(19)18-11-6-4-3-5-7-12-18/h8-10H,3-7,11-12H2,1-2H3,(H,17,19). The highest BCUT2D eigenvalue weighted by molar-refractivity contribution is 7.80. The number of rotatable bonds is 1. The second-order valence-corrected chi connectivity index (χ2v) is 5.82. The summed E-state index contributed by atoms with van der Waals surface area (Å²) in [7, 11) is 0. The molecule has 1 N–H and O–H groups in total. The third kappa shape index (κ3) is 3.93. The van der Waals surface area contributed by atoms with Crippen LogP contribution in [-0.2, 0) is 0 Å². The van der Waals surface area contributed by atoms with Gasteiger partial charge in [-0.3, -0.25) is 0 Å². The molecule has 0 aromatic heterocycles. The van der Waals surface area contributed by atoms with Crippen LogP contribution in [0.25, 0.3) is 0 Å². The molecule has 0 bridgehead atoms. The van der Waals surface area contributed by atoms with Gasteiger partial charge in [-0.05, 0) is 56.1 Å². The minimum atomic E-state index is 0.885. The molecule has 0 saturated carbocycles. The molecule has 1 heterocycles. The fraction of sp³-hybridized carbons (Fsp3) is 0.562.